The molecule has 1 heterocycles. The average Bonchev–Trinajstić information content (AvgIpc) is 2.10. The highest BCUT2D eigenvalue weighted by molar-refractivity contribution is 5.85. The third-order valence-corrected chi connectivity index (χ3v) is 2.70. The van der Waals surface area contributed by atoms with Crippen LogP contribution in [0.2, 0.25) is 0 Å². The van der Waals surface area contributed by atoms with Crippen molar-refractivity contribution in [3.8, 4) is 0 Å². The van der Waals surface area contributed by atoms with Crippen molar-refractivity contribution >= 4 is 18.3 Å². The normalized spacial score (nSPS) is 22.3. The van der Waals surface area contributed by atoms with Gasteiger partial charge in [0.25, 0.3) is 5.92 Å². The Morgan fingerprint density at radius 1 is 1.53 bits per heavy atom. The van der Waals surface area contributed by atoms with Crippen molar-refractivity contribution in [3.63, 3.8) is 0 Å². The summed E-state index contributed by atoms with van der Waals surface area (Å²) < 4.78 is 24.9. The van der Waals surface area contributed by atoms with Crippen LogP contribution in [0, 0.1) is 5.92 Å². The average molecular weight is 243 g/mol. The number of carbonyl (C=O) groups is 1. The van der Waals surface area contributed by atoms with Crippen LogP contribution >= 0.6 is 12.4 Å². The lowest BCUT2D eigenvalue weighted by Crippen LogP contribution is -2.62. The van der Waals surface area contributed by atoms with Gasteiger partial charge in [-0.25, -0.2) is 8.78 Å². The molecule has 2 N–H and O–H groups in total. The molecule has 2 atom stereocenters. The smallest absolute Gasteiger partial charge is 0.282 e. The van der Waals surface area contributed by atoms with Crippen molar-refractivity contribution in [1.82, 2.24) is 4.90 Å². The summed E-state index contributed by atoms with van der Waals surface area (Å²) in [5.41, 5.74) is 5.63. The lowest BCUT2D eigenvalue weighted by Gasteiger charge is -2.40. The molecule has 1 aliphatic heterocycles. The summed E-state index contributed by atoms with van der Waals surface area (Å²) >= 11 is 0. The molecular weight excluding hydrogens is 226 g/mol. The van der Waals surface area contributed by atoms with Crippen molar-refractivity contribution in [3.05, 3.63) is 0 Å². The number of nitrogens with zero attached hydrogens (tertiary/aromatic N) is 1. The molecule has 0 spiro atoms. The fraction of sp³-hybridized carbons (Fsp3) is 0.889. The first kappa shape index (κ1) is 14.6. The molecule has 0 saturated carbocycles. The van der Waals surface area contributed by atoms with Crippen LogP contribution in [0.25, 0.3) is 0 Å². The quantitative estimate of drug-likeness (QED) is 0.810. The van der Waals surface area contributed by atoms with Gasteiger partial charge < -0.3 is 10.6 Å². The summed E-state index contributed by atoms with van der Waals surface area (Å²) in [5, 5.41) is 0. The standard InChI is InChI=1S/C9H16F2N2O.ClH/c1-3-6(2)7(12)8(14)13-4-9(10,11)5-13;/h6-7H,3-5,12H2,1-2H3;1H. The van der Waals surface area contributed by atoms with E-state index in [0.29, 0.717) is 0 Å². The molecule has 0 aromatic rings. The van der Waals surface area contributed by atoms with Gasteiger partial charge >= 0.3 is 0 Å². The third kappa shape index (κ3) is 3.28. The second kappa shape index (κ2) is 5.07. The summed E-state index contributed by atoms with van der Waals surface area (Å²) in [4.78, 5) is 12.6. The Bertz CT molecular complexity index is 230. The first-order chi connectivity index (χ1) is 6.37. The molecule has 1 aliphatic rings. The van der Waals surface area contributed by atoms with E-state index in [1.165, 1.54) is 0 Å². The van der Waals surface area contributed by atoms with E-state index < -0.39 is 25.1 Å². The van der Waals surface area contributed by atoms with Crippen LogP contribution in [0.15, 0.2) is 0 Å². The molecule has 90 valence electrons. The highest BCUT2D eigenvalue weighted by Gasteiger charge is 2.47. The number of halogens is 3. The maximum Gasteiger partial charge on any atom is 0.282 e. The van der Waals surface area contributed by atoms with Gasteiger partial charge in [-0.1, -0.05) is 20.3 Å². The number of carbonyl (C=O) groups excluding carboxylic acids is 1. The molecule has 3 nitrogen and oxygen atoms in total. The SMILES string of the molecule is CCC(C)C(N)C(=O)N1CC(F)(F)C1.Cl. The molecule has 0 aromatic heterocycles. The first-order valence-corrected chi connectivity index (χ1v) is 4.79. The second-order valence-corrected chi connectivity index (χ2v) is 3.96. The van der Waals surface area contributed by atoms with Crippen LogP contribution in [-0.4, -0.2) is 35.9 Å². The van der Waals surface area contributed by atoms with Crippen LogP contribution in [0.3, 0.4) is 0 Å². The van der Waals surface area contributed by atoms with Crippen molar-refractivity contribution in [2.75, 3.05) is 13.1 Å². The lowest BCUT2D eigenvalue weighted by atomic mass is 9.97. The fourth-order valence-corrected chi connectivity index (χ4v) is 1.38. The highest BCUT2D eigenvalue weighted by Crippen LogP contribution is 2.27. The molecule has 1 amide bonds. The van der Waals surface area contributed by atoms with Gasteiger partial charge in [0, 0.05) is 0 Å². The van der Waals surface area contributed by atoms with E-state index in [4.69, 9.17) is 5.73 Å². The molecule has 0 aromatic carbocycles. The zero-order chi connectivity index (χ0) is 10.9. The van der Waals surface area contributed by atoms with E-state index >= 15 is 0 Å². The van der Waals surface area contributed by atoms with E-state index in [0.717, 1.165) is 11.3 Å². The summed E-state index contributed by atoms with van der Waals surface area (Å²) in [5.74, 6) is -3.02. The van der Waals surface area contributed by atoms with E-state index in [2.05, 4.69) is 0 Å². The van der Waals surface area contributed by atoms with Crippen LogP contribution in [0.5, 0.6) is 0 Å². The Morgan fingerprint density at radius 2 is 2.00 bits per heavy atom. The number of hydrogen-bond acceptors (Lipinski definition) is 2. The van der Waals surface area contributed by atoms with E-state index in [1.54, 1.807) is 0 Å². The molecule has 1 saturated heterocycles. The Kier molecular flexibility index (Phi) is 4.93. The Hall–Kier alpha value is -0.420. The van der Waals surface area contributed by atoms with Gasteiger partial charge in [-0.15, -0.1) is 12.4 Å². The van der Waals surface area contributed by atoms with Gasteiger partial charge in [-0.2, -0.15) is 0 Å². The Labute approximate surface area is 94.4 Å². The molecule has 0 aliphatic carbocycles. The maximum atomic E-state index is 12.5. The number of hydrogen-bond donors (Lipinski definition) is 1. The van der Waals surface area contributed by atoms with Crippen molar-refractivity contribution in [2.45, 2.75) is 32.2 Å². The van der Waals surface area contributed by atoms with Gasteiger partial charge in [-0.3, -0.25) is 4.79 Å². The number of alkyl halides is 2. The largest absolute Gasteiger partial charge is 0.329 e. The fourth-order valence-electron chi connectivity index (χ4n) is 1.38. The molecule has 6 heteroatoms. The predicted octanol–water partition coefficient (Wildman–Crippen LogP) is 1.26. The minimum atomic E-state index is -2.70. The van der Waals surface area contributed by atoms with Gasteiger partial charge in [-0.05, 0) is 5.92 Å². The molecule has 15 heavy (non-hydrogen) atoms. The van der Waals surface area contributed by atoms with Gasteiger partial charge in [0.2, 0.25) is 5.91 Å². The third-order valence-electron chi connectivity index (χ3n) is 2.70. The maximum absolute atomic E-state index is 12.5. The molecule has 1 fully saturated rings. The Balaban J connectivity index is 0.00000196. The second-order valence-electron chi connectivity index (χ2n) is 3.96. The number of amides is 1. The number of likely N-dealkylation sites (tertiary alicyclic amines) is 1. The molecule has 0 radical (unpaired) electrons. The highest BCUT2D eigenvalue weighted by atomic mass is 35.5. The molecule has 0 bridgehead atoms. The zero-order valence-electron chi connectivity index (χ0n) is 8.87. The summed E-state index contributed by atoms with van der Waals surface area (Å²) in [7, 11) is 0. The summed E-state index contributed by atoms with van der Waals surface area (Å²) in [6.07, 6.45) is 0.775. The van der Waals surface area contributed by atoms with Crippen LogP contribution in [0.1, 0.15) is 20.3 Å². The van der Waals surface area contributed by atoms with Gasteiger partial charge in [0.15, 0.2) is 0 Å². The zero-order valence-corrected chi connectivity index (χ0v) is 9.69. The topological polar surface area (TPSA) is 46.3 Å². The monoisotopic (exact) mass is 242 g/mol. The van der Waals surface area contributed by atoms with Crippen molar-refractivity contribution < 1.29 is 13.6 Å². The van der Waals surface area contributed by atoms with Gasteiger partial charge in [0.05, 0.1) is 19.1 Å². The predicted molar refractivity (Wildman–Crippen MR) is 56.2 cm³/mol. The van der Waals surface area contributed by atoms with Crippen molar-refractivity contribution in [1.29, 1.82) is 0 Å². The summed E-state index contributed by atoms with van der Waals surface area (Å²) in [6.45, 7) is 2.81. The van der Waals surface area contributed by atoms with Crippen LogP contribution in [0.4, 0.5) is 8.78 Å². The van der Waals surface area contributed by atoms with Gasteiger partial charge in [0.1, 0.15) is 0 Å². The molecule has 2 unspecified atom stereocenters. The number of rotatable bonds is 3. The minimum absolute atomic E-state index is 0. The van der Waals surface area contributed by atoms with E-state index in [1.807, 2.05) is 13.8 Å². The number of nitrogens with two attached hydrogens (primary N) is 1. The Morgan fingerprint density at radius 3 is 2.33 bits per heavy atom. The molecular formula is C9H17ClF2N2O. The van der Waals surface area contributed by atoms with E-state index in [9.17, 15) is 13.6 Å². The molecule has 1 rings (SSSR count). The van der Waals surface area contributed by atoms with E-state index in [-0.39, 0.29) is 24.2 Å². The first-order valence-electron chi connectivity index (χ1n) is 4.79. The van der Waals surface area contributed by atoms with Crippen LogP contribution < -0.4 is 5.73 Å². The van der Waals surface area contributed by atoms with Crippen molar-refractivity contribution in [2.24, 2.45) is 11.7 Å². The lowest BCUT2D eigenvalue weighted by molar-refractivity contribution is -0.167. The summed E-state index contributed by atoms with van der Waals surface area (Å²) in [6, 6.07) is -0.643. The minimum Gasteiger partial charge on any atom is -0.329 e. The van der Waals surface area contributed by atoms with Crippen LogP contribution in [-0.2, 0) is 4.79 Å².